The molecule has 0 unspecified atom stereocenters. The molecule has 2 rings (SSSR count). The normalized spacial score (nSPS) is 9.92. The number of phenolic OH excluding ortho intramolecular Hbond substituents is 1. The van der Waals surface area contributed by atoms with Crippen LogP contribution in [0.15, 0.2) is 42.5 Å². The molecule has 3 N–H and O–H groups in total. The Morgan fingerprint density at radius 2 is 1.83 bits per heavy atom. The Morgan fingerprint density at radius 1 is 1.04 bits per heavy atom. The number of carbonyl (C=O) groups excluding carboxylic acids is 2. The fraction of sp³-hybridized carbons (Fsp3) is 0.176. The molecule has 0 aliphatic carbocycles. The van der Waals surface area contributed by atoms with Gasteiger partial charge < -0.3 is 14.6 Å². The molecule has 0 spiro atoms. The molecular formula is C17H18N2O5. The van der Waals surface area contributed by atoms with Crippen LogP contribution in [0.4, 0.5) is 0 Å². The molecule has 0 atom stereocenters. The van der Waals surface area contributed by atoms with Crippen LogP contribution in [-0.2, 0) is 11.2 Å². The Balaban J connectivity index is 1.96. The summed E-state index contributed by atoms with van der Waals surface area (Å²) in [7, 11) is 2.95. The number of rotatable bonds is 5. The van der Waals surface area contributed by atoms with Gasteiger partial charge in [0, 0.05) is 6.07 Å². The van der Waals surface area contributed by atoms with Crippen LogP contribution in [0, 0.1) is 0 Å². The van der Waals surface area contributed by atoms with Gasteiger partial charge in [0.15, 0.2) is 0 Å². The topological polar surface area (TPSA) is 96.9 Å². The van der Waals surface area contributed by atoms with Crippen molar-refractivity contribution in [2.45, 2.75) is 6.42 Å². The van der Waals surface area contributed by atoms with E-state index in [0.717, 1.165) is 0 Å². The molecule has 0 saturated carbocycles. The predicted molar refractivity (Wildman–Crippen MR) is 87.0 cm³/mol. The summed E-state index contributed by atoms with van der Waals surface area (Å²) in [5.74, 6) is 0.0258. The summed E-state index contributed by atoms with van der Waals surface area (Å²) in [5, 5.41) is 9.37. The molecule has 126 valence electrons. The molecule has 0 aliphatic rings. The molecule has 0 radical (unpaired) electrons. The largest absolute Gasteiger partial charge is 0.508 e. The van der Waals surface area contributed by atoms with Crippen molar-refractivity contribution in [3.8, 4) is 17.2 Å². The highest BCUT2D eigenvalue weighted by atomic mass is 16.5. The summed E-state index contributed by atoms with van der Waals surface area (Å²) >= 11 is 0. The number of methoxy groups -OCH3 is 2. The fourth-order valence-corrected chi connectivity index (χ4v) is 2.08. The van der Waals surface area contributed by atoms with Crippen LogP contribution in [0.1, 0.15) is 15.9 Å². The molecule has 0 heterocycles. The number of carbonyl (C=O) groups is 2. The molecule has 0 fully saturated rings. The number of hydrazine groups is 1. The standard InChI is InChI=1S/C17H18N2O5/c1-23-13-6-7-14(15(10-13)24-2)17(22)19-18-16(21)9-11-4-3-5-12(20)8-11/h3-8,10,20H,9H2,1-2H3,(H,18,21)(H,19,22). The number of nitrogens with one attached hydrogen (secondary N) is 2. The van der Waals surface area contributed by atoms with E-state index in [-0.39, 0.29) is 17.7 Å². The van der Waals surface area contributed by atoms with E-state index in [1.54, 1.807) is 24.3 Å². The van der Waals surface area contributed by atoms with Gasteiger partial charge in [-0.3, -0.25) is 20.4 Å². The number of aromatic hydroxyl groups is 1. The van der Waals surface area contributed by atoms with Gasteiger partial charge in [-0.15, -0.1) is 0 Å². The van der Waals surface area contributed by atoms with E-state index in [2.05, 4.69) is 10.9 Å². The monoisotopic (exact) mass is 330 g/mol. The highest BCUT2D eigenvalue weighted by Gasteiger charge is 2.14. The zero-order chi connectivity index (χ0) is 17.5. The molecule has 0 aromatic heterocycles. The first-order valence-corrected chi connectivity index (χ1v) is 7.12. The van der Waals surface area contributed by atoms with Gasteiger partial charge in [-0.25, -0.2) is 0 Å². The molecule has 24 heavy (non-hydrogen) atoms. The van der Waals surface area contributed by atoms with E-state index in [9.17, 15) is 14.7 Å². The zero-order valence-electron chi connectivity index (χ0n) is 13.3. The second-order valence-electron chi connectivity index (χ2n) is 4.92. The van der Waals surface area contributed by atoms with Crippen LogP contribution >= 0.6 is 0 Å². The third-order valence-corrected chi connectivity index (χ3v) is 3.24. The van der Waals surface area contributed by atoms with Gasteiger partial charge in [-0.05, 0) is 29.8 Å². The van der Waals surface area contributed by atoms with Crippen molar-refractivity contribution in [1.82, 2.24) is 10.9 Å². The van der Waals surface area contributed by atoms with Crippen molar-refractivity contribution in [2.75, 3.05) is 14.2 Å². The summed E-state index contributed by atoms with van der Waals surface area (Å²) in [6.45, 7) is 0. The second-order valence-corrected chi connectivity index (χ2v) is 4.92. The van der Waals surface area contributed by atoms with Crippen molar-refractivity contribution < 1.29 is 24.2 Å². The van der Waals surface area contributed by atoms with Gasteiger partial charge >= 0.3 is 0 Å². The van der Waals surface area contributed by atoms with Crippen LogP contribution in [0.3, 0.4) is 0 Å². The minimum atomic E-state index is -0.515. The van der Waals surface area contributed by atoms with Crippen molar-refractivity contribution >= 4 is 11.8 Å². The highest BCUT2D eigenvalue weighted by Crippen LogP contribution is 2.24. The van der Waals surface area contributed by atoms with E-state index in [4.69, 9.17) is 9.47 Å². The number of hydrogen-bond acceptors (Lipinski definition) is 5. The smallest absolute Gasteiger partial charge is 0.273 e. The zero-order valence-corrected chi connectivity index (χ0v) is 13.3. The highest BCUT2D eigenvalue weighted by molar-refractivity contribution is 5.98. The summed E-state index contributed by atoms with van der Waals surface area (Å²) < 4.78 is 10.2. The molecular weight excluding hydrogens is 312 g/mol. The van der Waals surface area contributed by atoms with E-state index in [0.29, 0.717) is 17.1 Å². The van der Waals surface area contributed by atoms with E-state index in [1.807, 2.05) is 0 Å². The van der Waals surface area contributed by atoms with Gasteiger partial charge in [-0.2, -0.15) is 0 Å². The Hall–Kier alpha value is -3.22. The second kappa shape index (κ2) is 7.87. The maximum absolute atomic E-state index is 12.1. The summed E-state index contributed by atoms with van der Waals surface area (Å²) in [4.78, 5) is 24.0. The third kappa shape index (κ3) is 4.39. The van der Waals surface area contributed by atoms with Crippen LogP contribution < -0.4 is 20.3 Å². The Morgan fingerprint density at radius 3 is 2.50 bits per heavy atom. The van der Waals surface area contributed by atoms with Gasteiger partial charge in [0.25, 0.3) is 5.91 Å². The predicted octanol–water partition coefficient (Wildman–Crippen LogP) is 1.41. The Labute approximate surface area is 139 Å². The number of amides is 2. The number of ether oxygens (including phenoxy) is 2. The lowest BCUT2D eigenvalue weighted by Crippen LogP contribution is -2.42. The van der Waals surface area contributed by atoms with Crippen molar-refractivity contribution in [3.63, 3.8) is 0 Å². The average molecular weight is 330 g/mol. The molecule has 0 aliphatic heterocycles. The summed E-state index contributed by atoms with van der Waals surface area (Å²) in [5.41, 5.74) is 5.53. The van der Waals surface area contributed by atoms with Gasteiger partial charge in [0.2, 0.25) is 5.91 Å². The van der Waals surface area contributed by atoms with Crippen molar-refractivity contribution in [2.24, 2.45) is 0 Å². The van der Waals surface area contributed by atoms with E-state index in [1.165, 1.54) is 32.4 Å². The van der Waals surface area contributed by atoms with Crippen LogP contribution in [-0.4, -0.2) is 31.1 Å². The number of benzene rings is 2. The van der Waals surface area contributed by atoms with E-state index < -0.39 is 11.8 Å². The number of hydrogen-bond donors (Lipinski definition) is 3. The third-order valence-electron chi connectivity index (χ3n) is 3.24. The maximum Gasteiger partial charge on any atom is 0.273 e. The van der Waals surface area contributed by atoms with Crippen molar-refractivity contribution in [1.29, 1.82) is 0 Å². The van der Waals surface area contributed by atoms with Crippen LogP contribution in [0.2, 0.25) is 0 Å². The van der Waals surface area contributed by atoms with Crippen LogP contribution in [0.5, 0.6) is 17.2 Å². The van der Waals surface area contributed by atoms with Gasteiger partial charge in [0.1, 0.15) is 17.2 Å². The molecule has 2 aromatic carbocycles. The first-order valence-electron chi connectivity index (χ1n) is 7.12. The molecule has 0 bridgehead atoms. The van der Waals surface area contributed by atoms with Gasteiger partial charge in [-0.1, -0.05) is 12.1 Å². The summed E-state index contributed by atoms with van der Waals surface area (Å²) in [6, 6.07) is 11.1. The number of phenols is 1. The quantitative estimate of drug-likeness (QED) is 0.720. The first kappa shape index (κ1) is 17.1. The summed E-state index contributed by atoms with van der Waals surface area (Å²) in [6.07, 6.45) is 0.0222. The molecule has 7 nitrogen and oxygen atoms in total. The minimum absolute atomic E-state index is 0.0222. The van der Waals surface area contributed by atoms with Gasteiger partial charge in [0.05, 0.1) is 26.2 Å². The lowest BCUT2D eigenvalue weighted by atomic mass is 10.1. The Bertz CT molecular complexity index is 746. The fourth-order valence-electron chi connectivity index (χ4n) is 2.08. The van der Waals surface area contributed by atoms with Crippen molar-refractivity contribution in [3.05, 3.63) is 53.6 Å². The Kier molecular flexibility index (Phi) is 5.62. The minimum Gasteiger partial charge on any atom is -0.508 e. The lowest BCUT2D eigenvalue weighted by molar-refractivity contribution is -0.121. The molecule has 7 heteroatoms. The molecule has 2 amide bonds. The van der Waals surface area contributed by atoms with E-state index >= 15 is 0 Å². The van der Waals surface area contributed by atoms with Crippen LogP contribution in [0.25, 0.3) is 0 Å². The lowest BCUT2D eigenvalue weighted by Gasteiger charge is -2.11. The maximum atomic E-state index is 12.1. The first-order chi connectivity index (χ1) is 11.5. The molecule has 2 aromatic rings. The molecule has 0 saturated heterocycles. The SMILES string of the molecule is COc1ccc(C(=O)NNC(=O)Cc2cccc(O)c2)c(OC)c1. The average Bonchev–Trinajstić information content (AvgIpc) is 2.59.